The number of benzene rings is 1. The van der Waals surface area contributed by atoms with Crippen molar-refractivity contribution in [2.75, 3.05) is 4.90 Å². The fourth-order valence-corrected chi connectivity index (χ4v) is 5.43. The third kappa shape index (κ3) is 3.22. The van der Waals surface area contributed by atoms with E-state index in [9.17, 15) is 0 Å². The van der Waals surface area contributed by atoms with Crippen LogP contribution in [0, 0.1) is 6.92 Å². The van der Waals surface area contributed by atoms with E-state index in [1.807, 2.05) is 49.8 Å². The predicted octanol–water partition coefficient (Wildman–Crippen LogP) is 5.31. The third-order valence-electron chi connectivity index (χ3n) is 6.97. The van der Waals surface area contributed by atoms with E-state index < -0.39 is 0 Å². The van der Waals surface area contributed by atoms with Gasteiger partial charge >= 0.3 is 0 Å². The molecule has 4 aromatic rings. The van der Waals surface area contributed by atoms with Crippen molar-refractivity contribution in [1.29, 1.82) is 0 Å². The molecule has 166 valence electrons. The Morgan fingerprint density at radius 3 is 2.58 bits per heavy atom. The average Bonchev–Trinajstić information content (AvgIpc) is 3.54. The zero-order valence-electron chi connectivity index (χ0n) is 19.0. The van der Waals surface area contributed by atoms with Crippen LogP contribution in [0.4, 0.5) is 5.82 Å². The van der Waals surface area contributed by atoms with Crippen LogP contribution in [0.1, 0.15) is 56.7 Å². The topological polar surface area (TPSA) is 72.6 Å². The van der Waals surface area contributed by atoms with Gasteiger partial charge in [-0.05, 0) is 37.8 Å². The molecule has 0 bridgehead atoms. The van der Waals surface area contributed by atoms with Crippen molar-refractivity contribution in [2.24, 2.45) is 0 Å². The summed E-state index contributed by atoms with van der Waals surface area (Å²) in [5.41, 5.74) is 4.11. The summed E-state index contributed by atoms with van der Waals surface area (Å²) in [6.07, 6.45) is 11.5. The quantitative estimate of drug-likeness (QED) is 0.431. The molecule has 3 aromatic heterocycles. The Bertz CT molecular complexity index is 1290. The van der Waals surface area contributed by atoms with Crippen LogP contribution in [0.2, 0.25) is 0 Å². The maximum Gasteiger partial charge on any atom is 0.162 e. The molecular formula is C26H27N7. The average molecular weight is 438 g/mol. The summed E-state index contributed by atoms with van der Waals surface area (Å²) >= 11 is 0. The van der Waals surface area contributed by atoms with Crippen LogP contribution in [-0.2, 0) is 0 Å². The SMILES string of the molecule is CC[C@@H]1c2nnc(C)n2-c2cnc(-c3ccncc3-c3ccccc3)nc2N1C1CCCC1. The monoisotopic (exact) mass is 437 g/mol. The van der Waals surface area contributed by atoms with Crippen LogP contribution in [0.3, 0.4) is 0 Å². The van der Waals surface area contributed by atoms with Crippen molar-refractivity contribution in [2.45, 2.75) is 58.0 Å². The van der Waals surface area contributed by atoms with Gasteiger partial charge in [-0.1, -0.05) is 50.1 Å². The van der Waals surface area contributed by atoms with Crippen LogP contribution < -0.4 is 4.90 Å². The molecule has 0 N–H and O–H groups in total. The molecule has 7 nitrogen and oxygen atoms in total. The van der Waals surface area contributed by atoms with Crippen molar-refractivity contribution >= 4 is 5.82 Å². The normalized spacial score (nSPS) is 17.8. The molecule has 0 radical (unpaired) electrons. The molecule has 0 spiro atoms. The van der Waals surface area contributed by atoms with Crippen molar-refractivity contribution in [3.8, 4) is 28.2 Å². The van der Waals surface area contributed by atoms with E-state index in [1.165, 1.54) is 25.7 Å². The first-order valence-corrected chi connectivity index (χ1v) is 11.8. The number of pyridine rings is 1. The van der Waals surface area contributed by atoms with Gasteiger partial charge in [0.25, 0.3) is 0 Å². The van der Waals surface area contributed by atoms with Gasteiger partial charge in [0.2, 0.25) is 0 Å². The lowest BCUT2D eigenvalue weighted by atomic mass is 10.0. The second-order valence-electron chi connectivity index (χ2n) is 8.90. The molecule has 1 aromatic carbocycles. The predicted molar refractivity (Wildman–Crippen MR) is 128 cm³/mol. The Kier molecular flexibility index (Phi) is 4.89. The van der Waals surface area contributed by atoms with Gasteiger partial charge in [-0.15, -0.1) is 10.2 Å². The molecule has 2 aliphatic rings. The smallest absolute Gasteiger partial charge is 0.162 e. The van der Waals surface area contributed by atoms with Crippen molar-refractivity contribution < 1.29 is 0 Å². The van der Waals surface area contributed by atoms with Crippen LogP contribution in [0.5, 0.6) is 0 Å². The maximum atomic E-state index is 5.22. The highest BCUT2D eigenvalue weighted by atomic mass is 15.4. The molecular weight excluding hydrogens is 410 g/mol. The number of aromatic nitrogens is 6. The minimum atomic E-state index is 0.163. The van der Waals surface area contributed by atoms with Gasteiger partial charge in [-0.25, -0.2) is 9.97 Å². The van der Waals surface area contributed by atoms with Gasteiger partial charge in [-0.2, -0.15) is 0 Å². The van der Waals surface area contributed by atoms with Crippen molar-refractivity contribution in [3.63, 3.8) is 0 Å². The van der Waals surface area contributed by atoms with E-state index in [-0.39, 0.29) is 6.04 Å². The molecule has 1 saturated carbocycles. The Balaban J connectivity index is 1.55. The van der Waals surface area contributed by atoms with Crippen LogP contribution in [0.25, 0.3) is 28.2 Å². The van der Waals surface area contributed by atoms with E-state index in [1.54, 1.807) is 0 Å². The summed E-state index contributed by atoms with van der Waals surface area (Å²) < 4.78 is 2.14. The van der Waals surface area contributed by atoms with Crippen molar-refractivity contribution in [3.05, 3.63) is 66.6 Å². The molecule has 1 aliphatic heterocycles. The molecule has 0 unspecified atom stereocenters. The highest BCUT2D eigenvalue weighted by Crippen LogP contribution is 2.44. The molecule has 0 amide bonds. The van der Waals surface area contributed by atoms with Gasteiger partial charge in [0.15, 0.2) is 17.5 Å². The van der Waals surface area contributed by atoms with Crippen molar-refractivity contribution in [1.82, 2.24) is 29.7 Å². The van der Waals surface area contributed by atoms with Gasteiger partial charge in [0.1, 0.15) is 11.5 Å². The second-order valence-corrected chi connectivity index (χ2v) is 8.90. The lowest BCUT2D eigenvalue weighted by molar-refractivity contribution is 0.468. The number of aryl methyl sites for hydroxylation is 1. The van der Waals surface area contributed by atoms with E-state index in [0.29, 0.717) is 6.04 Å². The molecule has 33 heavy (non-hydrogen) atoms. The maximum absolute atomic E-state index is 5.22. The summed E-state index contributed by atoms with van der Waals surface area (Å²) in [4.78, 5) is 17.0. The summed E-state index contributed by atoms with van der Waals surface area (Å²) in [5.74, 6) is 3.59. The zero-order chi connectivity index (χ0) is 22.4. The number of rotatable bonds is 4. The summed E-state index contributed by atoms with van der Waals surface area (Å²) in [6.45, 7) is 4.23. The number of fused-ring (bicyclic) bond motifs is 3. The highest BCUT2D eigenvalue weighted by molar-refractivity contribution is 5.80. The van der Waals surface area contributed by atoms with E-state index in [4.69, 9.17) is 9.97 Å². The number of hydrogen-bond donors (Lipinski definition) is 0. The Morgan fingerprint density at radius 1 is 0.970 bits per heavy atom. The summed E-state index contributed by atoms with van der Waals surface area (Å²) in [6, 6.07) is 13.0. The first kappa shape index (κ1) is 20.0. The molecule has 1 fully saturated rings. The Labute approximate surface area is 193 Å². The van der Waals surface area contributed by atoms with Gasteiger partial charge < -0.3 is 4.90 Å². The Hall–Kier alpha value is -3.61. The summed E-state index contributed by atoms with van der Waals surface area (Å²) in [5, 5.41) is 8.98. The fourth-order valence-electron chi connectivity index (χ4n) is 5.43. The van der Waals surface area contributed by atoms with E-state index in [2.05, 4.69) is 43.7 Å². The number of anilines is 1. The van der Waals surface area contributed by atoms with Gasteiger partial charge in [0.05, 0.1) is 12.2 Å². The molecule has 6 rings (SSSR count). The standard InChI is InChI=1S/C26H27N7/c1-3-22-26-31-30-17(2)32(26)23-16-28-24(29-25(23)33(22)19-11-7-8-12-19)20-13-14-27-15-21(20)18-9-5-4-6-10-18/h4-6,9-10,13-16,19,22H,3,7-8,11-12H2,1-2H3/t22-/m1/s1. The largest absolute Gasteiger partial charge is 0.342 e. The van der Waals surface area contributed by atoms with E-state index >= 15 is 0 Å². The number of nitrogens with zero attached hydrogens (tertiary/aromatic N) is 7. The molecule has 1 atom stereocenters. The lowest BCUT2D eigenvalue weighted by Crippen LogP contribution is -2.42. The highest BCUT2D eigenvalue weighted by Gasteiger charge is 2.39. The van der Waals surface area contributed by atoms with Crippen LogP contribution >= 0.6 is 0 Å². The van der Waals surface area contributed by atoms with Crippen LogP contribution in [-0.4, -0.2) is 35.8 Å². The van der Waals surface area contributed by atoms with E-state index in [0.717, 1.165) is 52.1 Å². The minimum Gasteiger partial charge on any atom is -0.342 e. The fraction of sp³-hybridized carbons (Fsp3) is 0.346. The van der Waals surface area contributed by atoms with Gasteiger partial charge in [-0.3, -0.25) is 9.55 Å². The first-order valence-electron chi connectivity index (χ1n) is 11.8. The molecule has 4 heterocycles. The second kappa shape index (κ2) is 8.06. The Morgan fingerprint density at radius 2 is 1.79 bits per heavy atom. The minimum absolute atomic E-state index is 0.163. The molecule has 1 aliphatic carbocycles. The van der Waals surface area contributed by atoms with Crippen LogP contribution in [0.15, 0.2) is 55.0 Å². The first-order chi connectivity index (χ1) is 16.3. The van der Waals surface area contributed by atoms with Gasteiger partial charge in [0, 0.05) is 29.6 Å². The molecule has 0 saturated heterocycles. The third-order valence-corrected chi connectivity index (χ3v) is 6.97. The lowest BCUT2D eigenvalue weighted by Gasteiger charge is -2.41. The summed E-state index contributed by atoms with van der Waals surface area (Å²) in [7, 11) is 0. The number of hydrogen-bond acceptors (Lipinski definition) is 6. The molecule has 7 heteroatoms. The zero-order valence-corrected chi connectivity index (χ0v) is 19.0.